The average Bonchev–Trinajstić information content (AvgIpc) is 3.05. The quantitative estimate of drug-likeness (QED) is 0.467. The van der Waals surface area contributed by atoms with E-state index < -0.39 is 17.6 Å². The van der Waals surface area contributed by atoms with Crippen molar-refractivity contribution in [1.82, 2.24) is 20.4 Å². The van der Waals surface area contributed by atoms with Gasteiger partial charge >= 0.3 is 0 Å². The number of benzene rings is 2. The third-order valence-corrected chi connectivity index (χ3v) is 5.42. The molecule has 172 valence electrons. The van der Waals surface area contributed by atoms with E-state index in [1.54, 1.807) is 28.9 Å². The van der Waals surface area contributed by atoms with Crippen LogP contribution in [0.5, 0.6) is 0 Å². The molecule has 0 aliphatic carbocycles. The molecule has 0 spiro atoms. The fraction of sp³-hybridized carbons (Fsp3) is 0.217. The molecule has 0 aliphatic rings. The molecular weight excluding hydrogens is 449 g/mol. The summed E-state index contributed by atoms with van der Waals surface area (Å²) in [6.07, 6.45) is 0.115. The zero-order chi connectivity index (χ0) is 24.1. The maximum Gasteiger partial charge on any atom is 0.251 e. The van der Waals surface area contributed by atoms with Gasteiger partial charge in [-0.15, -0.1) is 0 Å². The van der Waals surface area contributed by atoms with Crippen LogP contribution in [0.15, 0.2) is 42.5 Å². The van der Waals surface area contributed by atoms with Gasteiger partial charge < -0.3 is 16.4 Å². The Bertz CT molecular complexity index is 1210. The van der Waals surface area contributed by atoms with Gasteiger partial charge in [-0.2, -0.15) is 5.10 Å². The van der Waals surface area contributed by atoms with Crippen LogP contribution >= 0.6 is 11.6 Å². The van der Waals surface area contributed by atoms with Crippen molar-refractivity contribution < 1.29 is 18.8 Å². The fourth-order valence-corrected chi connectivity index (χ4v) is 3.52. The van der Waals surface area contributed by atoms with Crippen LogP contribution in [0, 0.1) is 19.7 Å². The number of nitrogens with one attached hydrogen (secondary N) is 2. The first-order valence-corrected chi connectivity index (χ1v) is 10.5. The van der Waals surface area contributed by atoms with Crippen molar-refractivity contribution in [3.8, 4) is 5.69 Å². The molecular formula is C23H23ClFN5O3. The molecule has 0 saturated heterocycles. The first-order valence-electron chi connectivity index (χ1n) is 10.1. The highest BCUT2D eigenvalue weighted by Gasteiger charge is 2.17. The number of hydrogen-bond donors (Lipinski definition) is 3. The van der Waals surface area contributed by atoms with Gasteiger partial charge in [0.25, 0.3) is 5.91 Å². The molecule has 3 amide bonds. The summed E-state index contributed by atoms with van der Waals surface area (Å²) < 4.78 is 14.9. The number of halogens is 2. The highest BCUT2D eigenvalue weighted by atomic mass is 35.5. The lowest BCUT2D eigenvalue weighted by atomic mass is 10.1. The van der Waals surface area contributed by atoms with Crippen LogP contribution in [-0.2, 0) is 22.6 Å². The average molecular weight is 472 g/mol. The molecule has 1 heterocycles. The second-order valence-electron chi connectivity index (χ2n) is 7.45. The Labute approximate surface area is 194 Å². The van der Waals surface area contributed by atoms with Gasteiger partial charge in [-0.1, -0.05) is 17.7 Å². The molecule has 2 aromatic carbocycles. The number of amides is 3. The van der Waals surface area contributed by atoms with Crippen LogP contribution < -0.4 is 16.4 Å². The van der Waals surface area contributed by atoms with Gasteiger partial charge in [0.1, 0.15) is 5.82 Å². The zero-order valence-electron chi connectivity index (χ0n) is 18.1. The van der Waals surface area contributed by atoms with E-state index in [0.717, 1.165) is 11.3 Å². The molecule has 0 fully saturated rings. The van der Waals surface area contributed by atoms with E-state index in [4.69, 9.17) is 17.3 Å². The molecule has 3 rings (SSSR count). The topological polar surface area (TPSA) is 119 Å². The second kappa shape index (κ2) is 10.3. The maximum atomic E-state index is 13.2. The van der Waals surface area contributed by atoms with Crippen molar-refractivity contribution in [3.63, 3.8) is 0 Å². The Kier molecular flexibility index (Phi) is 7.44. The molecule has 8 nitrogen and oxygen atoms in total. The number of carbonyl (C=O) groups excluding carboxylic acids is 3. The number of nitrogens with zero attached hydrogens (tertiary/aromatic N) is 2. The highest BCUT2D eigenvalue weighted by Crippen LogP contribution is 2.20. The summed E-state index contributed by atoms with van der Waals surface area (Å²) in [7, 11) is 0. The monoisotopic (exact) mass is 471 g/mol. The van der Waals surface area contributed by atoms with Crippen molar-refractivity contribution in [3.05, 3.63) is 81.4 Å². The number of carbonyl (C=O) groups is 3. The number of nitrogens with two attached hydrogens (primary N) is 1. The summed E-state index contributed by atoms with van der Waals surface area (Å²) in [5.74, 6) is -1.69. The largest absolute Gasteiger partial charge is 0.368 e. The highest BCUT2D eigenvalue weighted by molar-refractivity contribution is 6.31. The summed E-state index contributed by atoms with van der Waals surface area (Å²) >= 11 is 6.01. The molecule has 3 aromatic rings. The minimum absolute atomic E-state index is 0.115. The van der Waals surface area contributed by atoms with Gasteiger partial charge in [-0.05, 0) is 55.8 Å². The molecule has 33 heavy (non-hydrogen) atoms. The van der Waals surface area contributed by atoms with E-state index in [0.29, 0.717) is 22.5 Å². The minimum Gasteiger partial charge on any atom is -0.368 e. The van der Waals surface area contributed by atoms with Crippen LogP contribution in [-0.4, -0.2) is 34.0 Å². The third-order valence-electron chi connectivity index (χ3n) is 5.07. The Morgan fingerprint density at radius 1 is 1.09 bits per heavy atom. The van der Waals surface area contributed by atoms with Crippen molar-refractivity contribution in [2.24, 2.45) is 5.73 Å². The fourth-order valence-electron chi connectivity index (χ4n) is 3.29. The summed E-state index contributed by atoms with van der Waals surface area (Å²) in [5, 5.41) is 9.99. The molecule has 0 aliphatic heterocycles. The first-order chi connectivity index (χ1) is 15.7. The third kappa shape index (κ3) is 5.95. The van der Waals surface area contributed by atoms with Crippen molar-refractivity contribution in [2.45, 2.75) is 26.8 Å². The van der Waals surface area contributed by atoms with Gasteiger partial charge in [-0.25, -0.2) is 9.07 Å². The molecule has 0 unspecified atom stereocenters. The van der Waals surface area contributed by atoms with Gasteiger partial charge in [0.15, 0.2) is 0 Å². The molecule has 0 saturated carbocycles. The summed E-state index contributed by atoms with van der Waals surface area (Å²) in [6, 6.07) is 10.7. The lowest BCUT2D eigenvalue weighted by molar-refractivity contribution is -0.120. The van der Waals surface area contributed by atoms with Crippen LogP contribution in [0.3, 0.4) is 0 Å². The first kappa shape index (κ1) is 23.9. The van der Waals surface area contributed by atoms with E-state index in [9.17, 15) is 18.8 Å². The van der Waals surface area contributed by atoms with E-state index in [1.807, 2.05) is 13.8 Å². The molecule has 0 atom stereocenters. The lowest BCUT2D eigenvalue weighted by Gasteiger charge is -2.09. The maximum absolute atomic E-state index is 13.2. The number of aryl methyl sites for hydroxylation is 1. The van der Waals surface area contributed by atoms with Gasteiger partial charge in [0.05, 0.1) is 24.3 Å². The van der Waals surface area contributed by atoms with Crippen LogP contribution in [0.1, 0.15) is 32.9 Å². The Morgan fingerprint density at radius 3 is 2.42 bits per heavy atom. The summed E-state index contributed by atoms with van der Waals surface area (Å²) in [4.78, 5) is 35.3. The van der Waals surface area contributed by atoms with Gasteiger partial charge in [-0.3, -0.25) is 14.4 Å². The zero-order valence-corrected chi connectivity index (χ0v) is 18.9. The number of rotatable bonds is 8. The van der Waals surface area contributed by atoms with E-state index in [-0.39, 0.29) is 30.4 Å². The number of primary amides is 1. The minimum atomic E-state index is -0.625. The second-order valence-corrected chi connectivity index (χ2v) is 7.85. The van der Waals surface area contributed by atoms with E-state index in [2.05, 4.69) is 15.7 Å². The standard InChI is InChI=1S/C23H23ClFN5O3/c1-13-19(10-22(32)27-11-16-3-6-17(25)9-20(16)24)14(2)30(29-13)18-7-4-15(5-8-18)23(33)28-12-21(26)31/h3-9H,10-12H2,1-2H3,(H2,26,31)(H,27,32)(H,28,33). The van der Waals surface area contributed by atoms with Crippen molar-refractivity contribution in [2.75, 3.05) is 6.54 Å². The lowest BCUT2D eigenvalue weighted by Crippen LogP contribution is -2.33. The van der Waals surface area contributed by atoms with Gasteiger partial charge in [0, 0.05) is 28.4 Å². The predicted octanol–water partition coefficient (Wildman–Crippen LogP) is 2.36. The molecule has 0 radical (unpaired) electrons. The van der Waals surface area contributed by atoms with Gasteiger partial charge in [0.2, 0.25) is 11.8 Å². The molecule has 10 heteroatoms. The van der Waals surface area contributed by atoms with Crippen molar-refractivity contribution >= 4 is 29.3 Å². The number of hydrogen-bond acceptors (Lipinski definition) is 4. The Balaban J connectivity index is 1.68. The van der Waals surface area contributed by atoms with E-state index in [1.165, 1.54) is 18.2 Å². The number of aromatic nitrogens is 2. The SMILES string of the molecule is Cc1nn(-c2ccc(C(=O)NCC(N)=O)cc2)c(C)c1CC(=O)NCc1ccc(F)cc1Cl. The van der Waals surface area contributed by atoms with E-state index >= 15 is 0 Å². The van der Waals surface area contributed by atoms with Crippen LogP contribution in [0.25, 0.3) is 5.69 Å². The normalized spacial score (nSPS) is 10.7. The molecule has 4 N–H and O–H groups in total. The predicted molar refractivity (Wildman–Crippen MR) is 122 cm³/mol. The Morgan fingerprint density at radius 2 is 1.79 bits per heavy atom. The summed E-state index contributed by atoms with van der Waals surface area (Å²) in [5.41, 5.74) is 9.01. The molecule has 1 aromatic heterocycles. The Hall–Kier alpha value is -3.72. The van der Waals surface area contributed by atoms with Crippen molar-refractivity contribution in [1.29, 1.82) is 0 Å². The van der Waals surface area contributed by atoms with Crippen LogP contribution in [0.2, 0.25) is 5.02 Å². The van der Waals surface area contributed by atoms with Crippen LogP contribution in [0.4, 0.5) is 4.39 Å². The molecule has 0 bridgehead atoms. The summed E-state index contributed by atoms with van der Waals surface area (Å²) in [6.45, 7) is 3.61. The smallest absolute Gasteiger partial charge is 0.251 e.